The molecule has 0 radical (unpaired) electrons. The van der Waals surface area contributed by atoms with Crippen molar-refractivity contribution in [3.05, 3.63) is 32.6 Å². The normalized spacial score (nSPS) is 9.85. The molecule has 0 bridgehead atoms. The van der Waals surface area contributed by atoms with Crippen LogP contribution in [0.2, 0.25) is 0 Å². The molecule has 1 aromatic carbocycles. The van der Waals surface area contributed by atoms with E-state index >= 15 is 0 Å². The summed E-state index contributed by atoms with van der Waals surface area (Å²) < 4.78 is 18.3. The van der Waals surface area contributed by atoms with Crippen molar-refractivity contribution in [3.8, 4) is 0 Å². The highest BCUT2D eigenvalue weighted by molar-refractivity contribution is 14.1. The second kappa shape index (κ2) is 4.04. The Morgan fingerprint density at radius 1 is 1.54 bits per heavy atom. The highest BCUT2D eigenvalue weighted by Crippen LogP contribution is 2.19. The minimum atomic E-state index is -0.499. The SMILES string of the molecule is COC(=O)c1c(I)ccc(F)c1C. The molecule has 0 aliphatic rings. The van der Waals surface area contributed by atoms with E-state index in [0.29, 0.717) is 14.7 Å². The summed E-state index contributed by atoms with van der Waals surface area (Å²) in [7, 11) is 1.28. The van der Waals surface area contributed by atoms with Gasteiger partial charge in [-0.2, -0.15) is 0 Å². The van der Waals surface area contributed by atoms with Gasteiger partial charge in [-0.15, -0.1) is 0 Å². The third kappa shape index (κ3) is 1.99. The third-order valence-corrected chi connectivity index (χ3v) is 2.64. The third-order valence-electron chi connectivity index (χ3n) is 1.74. The molecule has 0 spiro atoms. The largest absolute Gasteiger partial charge is 0.465 e. The zero-order valence-corrected chi connectivity index (χ0v) is 9.38. The summed E-state index contributed by atoms with van der Waals surface area (Å²) in [6, 6.07) is 2.89. The van der Waals surface area contributed by atoms with Crippen molar-refractivity contribution < 1.29 is 13.9 Å². The molecule has 0 N–H and O–H groups in total. The summed E-state index contributed by atoms with van der Waals surface area (Å²) in [5.41, 5.74) is 0.641. The van der Waals surface area contributed by atoms with Crippen LogP contribution in [0.1, 0.15) is 15.9 Å². The van der Waals surface area contributed by atoms with Crippen molar-refractivity contribution in [2.24, 2.45) is 0 Å². The minimum absolute atomic E-state index is 0.308. The first-order valence-electron chi connectivity index (χ1n) is 3.61. The molecule has 70 valence electrons. The number of rotatable bonds is 1. The van der Waals surface area contributed by atoms with Crippen molar-refractivity contribution in [2.45, 2.75) is 6.92 Å². The van der Waals surface area contributed by atoms with E-state index in [0.717, 1.165) is 0 Å². The number of carbonyl (C=O) groups excluding carboxylic acids is 1. The molecule has 1 aromatic rings. The second-order valence-electron chi connectivity index (χ2n) is 2.52. The summed E-state index contributed by atoms with van der Waals surface area (Å²) in [6.45, 7) is 1.56. The number of methoxy groups -OCH3 is 1. The number of benzene rings is 1. The molecule has 0 aliphatic heterocycles. The Labute approximate surface area is 89.2 Å². The van der Waals surface area contributed by atoms with Crippen LogP contribution in [-0.2, 0) is 4.74 Å². The van der Waals surface area contributed by atoms with E-state index in [-0.39, 0.29) is 5.82 Å². The van der Waals surface area contributed by atoms with Crippen molar-refractivity contribution in [2.75, 3.05) is 7.11 Å². The smallest absolute Gasteiger partial charge is 0.339 e. The van der Waals surface area contributed by atoms with Gasteiger partial charge in [-0.3, -0.25) is 0 Å². The fourth-order valence-corrected chi connectivity index (χ4v) is 1.81. The summed E-state index contributed by atoms with van der Waals surface area (Å²) in [5.74, 6) is -0.887. The fraction of sp³-hybridized carbons (Fsp3) is 0.222. The van der Waals surface area contributed by atoms with Gasteiger partial charge >= 0.3 is 5.97 Å². The average molecular weight is 294 g/mol. The van der Waals surface area contributed by atoms with Gasteiger partial charge < -0.3 is 4.74 Å². The molecule has 0 aliphatic carbocycles. The maximum Gasteiger partial charge on any atom is 0.339 e. The topological polar surface area (TPSA) is 26.3 Å². The Hall–Kier alpha value is -0.650. The van der Waals surface area contributed by atoms with Crippen molar-refractivity contribution in [1.82, 2.24) is 0 Å². The van der Waals surface area contributed by atoms with E-state index in [9.17, 15) is 9.18 Å². The van der Waals surface area contributed by atoms with Crippen LogP contribution in [0.25, 0.3) is 0 Å². The molecule has 0 saturated carbocycles. The Morgan fingerprint density at radius 2 is 2.15 bits per heavy atom. The van der Waals surface area contributed by atoms with Gasteiger partial charge in [0.1, 0.15) is 5.82 Å². The van der Waals surface area contributed by atoms with E-state index in [1.807, 2.05) is 22.6 Å². The molecule has 0 saturated heterocycles. The van der Waals surface area contributed by atoms with Crippen molar-refractivity contribution >= 4 is 28.6 Å². The predicted octanol–water partition coefficient (Wildman–Crippen LogP) is 2.53. The lowest BCUT2D eigenvalue weighted by Crippen LogP contribution is -2.07. The molecule has 0 unspecified atom stereocenters. The highest BCUT2D eigenvalue weighted by atomic mass is 127. The molecule has 0 atom stereocenters. The van der Waals surface area contributed by atoms with Gasteiger partial charge in [0, 0.05) is 9.13 Å². The Balaban J connectivity index is 3.33. The van der Waals surface area contributed by atoms with E-state index < -0.39 is 5.97 Å². The first kappa shape index (κ1) is 10.4. The zero-order valence-electron chi connectivity index (χ0n) is 7.23. The van der Waals surface area contributed by atoms with Crippen LogP contribution in [0, 0.1) is 16.3 Å². The quantitative estimate of drug-likeness (QED) is 0.587. The first-order valence-corrected chi connectivity index (χ1v) is 4.68. The van der Waals surface area contributed by atoms with Gasteiger partial charge in [0.25, 0.3) is 0 Å². The van der Waals surface area contributed by atoms with Gasteiger partial charge in [-0.1, -0.05) is 0 Å². The highest BCUT2D eigenvalue weighted by Gasteiger charge is 2.15. The summed E-state index contributed by atoms with van der Waals surface area (Å²) in [5, 5.41) is 0. The molecule has 1 rings (SSSR count). The molecule has 4 heteroatoms. The predicted molar refractivity (Wildman–Crippen MR) is 55.2 cm³/mol. The maximum atomic E-state index is 13.0. The second-order valence-corrected chi connectivity index (χ2v) is 3.68. The van der Waals surface area contributed by atoms with E-state index in [4.69, 9.17) is 0 Å². The molecular formula is C9H8FIO2. The van der Waals surface area contributed by atoms with Crippen LogP contribution in [0.5, 0.6) is 0 Å². The molecular weight excluding hydrogens is 286 g/mol. The summed E-state index contributed by atoms with van der Waals surface area (Å²) in [6.07, 6.45) is 0. The van der Waals surface area contributed by atoms with Crippen molar-refractivity contribution in [3.63, 3.8) is 0 Å². The van der Waals surface area contributed by atoms with Gasteiger partial charge in [0.15, 0.2) is 0 Å². The lowest BCUT2D eigenvalue weighted by molar-refractivity contribution is 0.0598. The standard InChI is InChI=1S/C9H8FIO2/c1-5-6(10)3-4-7(11)8(5)9(12)13-2/h3-4H,1-2H3. The minimum Gasteiger partial charge on any atom is -0.465 e. The number of hydrogen-bond acceptors (Lipinski definition) is 2. The van der Waals surface area contributed by atoms with Crippen LogP contribution in [0.4, 0.5) is 4.39 Å². The van der Waals surface area contributed by atoms with Gasteiger partial charge in [-0.25, -0.2) is 9.18 Å². The van der Waals surface area contributed by atoms with Gasteiger partial charge in [-0.05, 0) is 41.6 Å². The van der Waals surface area contributed by atoms with Crippen LogP contribution < -0.4 is 0 Å². The average Bonchev–Trinajstić information content (AvgIpc) is 2.12. The Bertz CT molecular complexity index is 350. The molecule has 0 amide bonds. The van der Waals surface area contributed by atoms with Crippen LogP contribution in [0.15, 0.2) is 12.1 Å². The van der Waals surface area contributed by atoms with Crippen LogP contribution in [0.3, 0.4) is 0 Å². The number of halogens is 2. The maximum absolute atomic E-state index is 13.0. The first-order chi connectivity index (χ1) is 6.07. The van der Waals surface area contributed by atoms with E-state index in [1.165, 1.54) is 13.2 Å². The number of hydrogen-bond donors (Lipinski definition) is 0. The Kier molecular flexibility index (Phi) is 3.24. The summed E-state index contributed by atoms with van der Waals surface area (Å²) >= 11 is 1.97. The monoisotopic (exact) mass is 294 g/mol. The molecule has 13 heavy (non-hydrogen) atoms. The molecule has 0 aromatic heterocycles. The lowest BCUT2D eigenvalue weighted by atomic mass is 10.1. The Morgan fingerprint density at radius 3 is 2.69 bits per heavy atom. The molecule has 0 fully saturated rings. The zero-order chi connectivity index (χ0) is 10.0. The van der Waals surface area contributed by atoms with Gasteiger partial charge in [0.2, 0.25) is 0 Å². The fourth-order valence-electron chi connectivity index (χ4n) is 1.01. The molecule has 0 heterocycles. The number of esters is 1. The molecule has 2 nitrogen and oxygen atoms in total. The van der Waals surface area contributed by atoms with E-state index in [2.05, 4.69) is 4.74 Å². The number of carbonyl (C=O) groups is 1. The van der Waals surface area contributed by atoms with Gasteiger partial charge in [0.05, 0.1) is 12.7 Å². The van der Waals surface area contributed by atoms with E-state index in [1.54, 1.807) is 13.0 Å². The van der Waals surface area contributed by atoms with Crippen LogP contribution >= 0.6 is 22.6 Å². The van der Waals surface area contributed by atoms with Crippen LogP contribution in [-0.4, -0.2) is 13.1 Å². The number of ether oxygens (including phenoxy) is 1. The lowest BCUT2D eigenvalue weighted by Gasteiger charge is -2.06. The summed E-state index contributed by atoms with van der Waals surface area (Å²) in [4.78, 5) is 11.2. The van der Waals surface area contributed by atoms with Crippen molar-refractivity contribution in [1.29, 1.82) is 0 Å².